The van der Waals surface area contributed by atoms with Gasteiger partial charge in [0.15, 0.2) is 11.2 Å². The Hall–Kier alpha value is -2.64. The molecule has 2 aromatic heterocycles. The molecule has 0 atom stereocenters. The minimum atomic E-state index is -0.472. The van der Waals surface area contributed by atoms with Crippen LogP contribution in [0.5, 0.6) is 0 Å². The summed E-state index contributed by atoms with van der Waals surface area (Å²) in [6.07, 6.45) is 3.88. The van der Waals surface area contributed by atoms with Crippen LogP contribution in [0, 0.1) is 0 Å². The maximum Gasteiger partial charge on any atom is 0.331 e. The third-order valence-electron chi connectivity index (χ3n) is 3.90. The van der Waals surface area contributed by atoms with E-state index in [-0.39, 0.29) is 6.61 Å². The van der Waals surface area contributed by atoms with Gasteiger partial charge in [0.25, 0.3) is 5.56 Å². The lowest BCUT2D eigenvalue weighted by atomic mass is 10.3. The van der Waals surface area contributed by atoms with E-state index in [1.54, 1.807) is 18.4 Å². The number of nitrogens with one attached hydrogen (secondary N) is 1. The minimum Gasteiger partial charge on any atom is -0.454 e. The van der Waals surface area contributed by atoms with Gasteiger partial charge in [0.1, 0.15) is 12.4 Å². The minimum absolute atomic E-state index is 0.0568. The van der Waals surface area contributed by atoms with Gasteiger partial charge >= 0.3 is 11.7 Å². The first kappa shape index (κ1) is 19.7. The van der Waals surface area contributed by atoms with Crippen molar-refractivity contribution in [3.8, 4) is 0 Å². The molecule has 1 N–H and O–H groups in total. The summed E-state index contributed by atoms with van der Waals surface area (Å²) in [5.41, 5.74) is 0.581. The molecule has 2 rings (SSSR count). The number of unbranched alkanes of at least 4 members (excludes halogenated alkanes) is 1. The number of carbonyl (C=O) groups excluding carboxylic acids is 1. The average Bonchev–Trinajstić information content (AvgIpc) is 2.91. The first-order valence-corrected chi connectivity index (χ1v) is 8.92. The number of imidazole rings is 1. The Morgan fingerprint density at radius 2 is 1.88 bits per heavy atom. The topological polar surface area (TPSA) is 99.0 Å². The highest BCUT2D eigenvalue weighted by atomic mass is 16.5. The highest BCUT2D eigenvalue weighted by Crippen LogP contribution is 2.14. The van der Waals surface area contributed by atoms with Crippen LogP contribution in [-0.2, 0) is 29.2 Å². The van der Waals surface area contributed by atoms with E-state index in [1.165, 1.54) is 10.6 Å². The van der Waals surface area contributed by atoms with Crippen molar-refractivity contribution in [2.75, 3.05) is 0 Å². The van der Waals surface area contributed by atoms with Crippen LogP contribution in [0.2, 0.25) is 0 Å². The molecule has 0 fully saturated rings. The number of hydrogen-bond donors (Lipinski definition) is 1. The summed E-state index contributed by atoms with van der Waals surface area (Å²) < 4.78 is 8.46. The number of allylic oxidation sites excluding steroid dienone is 1. The van der Waals surface area contributed by atoms with Gasteiger partial charge in [-0.3, -0.25) is 14.3 Å². The van der Waals surface area contributed by atoms with Crippen molar-refractivity contribution in [2.24, 2.45) is 0 Å². The Morgan fingerprint density at radius 3 is 2.50 bits per heavy atom. The number of aryl methyl sites for hydroxylation is 2. The van der Waals surface area contributed by atoms with Gasteiger partial charge in [-0.15, -0.1) is 0 Å². The van der Waals surface area contributed by atoms with E-state index < -0.39 is 17.2 Å². The molecule has 0 amide bonds. The molecule has 142 valence electrons. The van der Waals surface area contributed by atoms with Gasteiger partial charge in [-0.25, -0.2) is 14.6 Å². The van der Waals surface area contributed by atoms with Crippen molar-refractivity contribution < 1.29 is 9.53 Å². The second-order valence-corrected chi connectivity index (χ2v) is 6.45. The molecule has 0 radical (unpaired) electrons. The van der Waals surface area contributed by atoms with Gasteiger partial charge in [0.05, 0.1) is 0 Å². The lowest BCUT2D eigenvalue weighted by Gasteiger charge is -2.08. The summed E-state index contributed by atoms with van der Waals surface area (Å²) in [4.78, 5) is 43.2. The summed E-state index contributed by atoms with van der Waals surface area (Å²) in [5.74, 6) is -0.00362. The molecule has 8 heteroatoms. The number of hydrogen-bond acceptors (Lipinski definition) is 5. The summed E-state index contributed by atoms with van der Waals surface area (Å²) in [7, 11) is 0. The highest BCUT2D eigenvalue weighted by Gasteiger charge is 2.18. The van der Waals surface area contributed by atoms with Gasteiger partial charge in [-0.1, -0.05) is 25.8 Å². The van der Waals surface area contributed by atoms with Gasteiger partial charge in [-0.05, 0) is 26.7 Å². The number of aromatic amines is 1. The van der Waals surface area contributed by atoms with Crippen molar-refractivity contribution in [1.82, 2.24) is 19.1 Å². The molecule has 0 saturated carbocycles. The Bertz CT molecular complexity index is 929. The second-order valence-electron chi connectivity index (χ2n) is 6.45. The number of H-pyrrole nitrogens is 1. The van der Waals surface area contributed by atoms with E-state index in [1.807, 2.05) is 13.8 Å². The number of esters is 1. The third-order valence-corrected chi connectivity index (χ3v) is 3.90. The fraction of sp³-hybridized carbons (Fsp3) is 0.556. The van der Waals surface area contributed by atoms with Crippen LogP contribution >= 0.6 is 0 Å². The monoisotopic (exact) mass is 362 g/mol. The van der Waals surface area contributed by atoms with E-state index in [2.05, 4.69) is 9.97 Å². The zero-order chi connectivity index (χ0) is 19.3. The van der Waals surface area contributed by atoms with Crippen LogP contribution in [0.25, 0.3) is 11.2 Å². The Morgan fingerprint density at radius 1 is 1.15 bits per heavy atom. The fourth-order valence-electron chi connectivity index (χ4n) is 2.73. The van der Waals surface area contributed by atoms with Gasteiger partial charge in [-0.2, -0.15) is 0 Å². The summed E-state index contributed by atoms with van der Waals surface area (Å²) in [5, 5.41) is 0. The molecule has 0 aliphatic carbocycles. The molecular formula is C18H26N4O4. The highest BCUT2D eigenvalue weighted by molar-refractivity contribution is 5.82. The third kappa shape index (κ3) is 4.30. The van der Waals surface area contributed by atoms with Crippen molar-refractivity contribution in [3.63, 3.8) is 0 Å². The molecule has 0 bridgehead atoms. The molecule has 2 aromatic rings. The molecular weight excluding hydrogens is 336 g/mol. The number of ether oxygens (including phenoxy) is 1. The molecule has 8 nitrogen and oxygen atoms in total. The van der Waals surface area contributed by atoms with Crippen LogP contribution < -0.4 is 11.2 Å². The molecule has 0 unspecified atom stereocenters. The van der Waals surface area contributed by atoms with Gasteiger partial charge < -0.3 is 9.30 Å². The Labute approximate surface area is 151 Å². The predicted molar refractivity (Wildman–Crippen MR) is 99.0 cm³/mol. The number of carbonyl (C=O) groups is 1. The molecule has 0 aliphatic heterocycles. The summed E-state index contributed by atoms with van der Waals surface area (Å²) in [6.45, 7) is 8.57. The second kappa shape index (κ2) is 8.64. The lowest BCUT2D eigenvalue weighted by Crippen LogP contribution is -2.31. The van der Waals surface area contributed by atoms with Crippen LogP contribution in [0.15, 0.2) is 21.2 Å². The van der Waals surface area contributed by atoms with E-state index >= 15 is 0 Å². The summed E-state index contributed by atoms with van der Waals surface area (Å²) in [6, 6.07) is 0. The number of fused-ring (bicyclic) bond motifs is 1. The molecule has 0 aromatic carbocycles. The van der Waals surface area contributed by atoms with E-state index in [4.69, 9.17) is 4.74 Å². The predicted octanol–water partition coefficient (Wildman–Crippen LogP) is 2.11. The van der Waals surface area contributed by atoms with Crippen molar-refractivity contribution in [1.29, 1.82) is 0 Å². The number of nitrogens with zero attached hydrogens (tertiary/aromatic N) is 3. The van der Waals surface area contributed by atoms with Crippen molar-refractivity contribution in [2.45, 2.75) is 66.7 Å². The maximum atomic E-state index is 12.4. The molecule has 2 heterocycles. The lowest BCUT2D eigenvalue weighted by molar-refractivity contribution is -0.139. The average molecular weight is 362 g/mol. The largest absolute Gasteiger partial charge is 0.454 e. The fourth-order valence-corrected chi connectivity index (χ4v) is 2.73. The first-order chi connectivity index (χ1) is 12.4. The number of aromatic nitrogens is 4. The van der Waals surface area contributed by atoms with Crippen molar-refractivity contribution >= 4 is 17.1 Å². The Kier molecular flexibility index (Phi) is 6.54. The van der Waals surface area contributed by atoms with Crippen LogP contribution in [0.4, 0.5) is 0 Å². The maximum absolute atomic E-state index is 12.4. The Balaban J connectivity index is 2.52. The quantitative estimate of drug-likeness (QED) is 0.573. The summed E-state index contributed by atoms with van der Waals surface area (Å²) >= 11 is 0. The van der Waals surface area contributed by atoms with Crippen molar-refractivity contribution in [3.05, 3.63) is 38.3 Å². The zero-order valence-electron chi connectivity index (χ0n) is 15.8. The van der Waals surface area contributed by atoms with Crippen LogP contribution in [0.1, 0.15) is 52.8 Å². The smallest absolute Gasteiger partial charge is 0.331 e. The molecule has 26 heavy (non-hydrogen) atoms. The standard InChI is InChI=1S/C18H26N4O4/c1-5-7-9-22-16-15(17(24)20-18(22)25)21(8-6-2)13(19-16)11-26-14(23)10-12(3)4/h10H,5-9,11H2,1-4H3,(H,20,24,25). The van der Waals surface area contributed by atoms with E-state index in [9.17, 15) is 14.4 Å². The SMILES string of the molecule is CCCCn1c(=O)[nH]c(=O)c2c1nc(COC(=O)C=C(C)C)n2CCC. The normalized spacial score (nSPS) is 10.9. The zero-order valence-corrected chi connectivity index (χ0v) is 15.8. The van der Waals surface area contributed by atoms with E-state index in [0.717, 1.165) is 24.8 Å². The van der Waals surface area contributed by atoms with Crippen LogP contribution in [-0.4, -0.2) is 25.1 Å². The van der Waals surface area contributed by atoms with Gasteiger partial charge in [0, 0.05) is 19.2 Å². The van der Waals surface area contributed by atoms with E-state index in [0.29, 0.717) is 30.1 Å². The molecule has 0 aliphatic rings. The molecule has 0 spiro atoms. The first-order valence-electron chi connectivity index (χ1n) is 8.92. The van der Waals surface area contributed by atoms with Crippen LogP contribution in [0.3, 0.4) is 0 Å². The number of rotatable bonds is 8. The molecule has 0 saturated heterocycles. The van der Waals surface area contributed by atoms with Gasteiger partial charge in [0.2, 0.25) is 0 Å².